The Morgan fingerprint density at radius 1 is 1.29 bits per heavy atom. The third kappa shape index (κ3) is 2.82. The third-order valence-corrected chi connectivity index (χ3v) is 2.22. The third-order valence-electron chi connectivity index (χ3n) is 2.22. The van der Waals surface area contributed by atoms with Gasteiger partial charge in [0.1, 0.15) is 5.75 Å². The molecule has 0 radical (unpaired) electrons. The molecule has 0 saturated heterocycles. The number of ether oxygens (including phenoxy) is 1. The first kappa shape index (κ1) is 11.6. The first-order valence-corrected chi connectivity index (χ1v) is 5.54. The van der Waals surface area contributed by atoms with E-state index in [0.29, 0.717) is 24.9 Å². The summed E-state index contributed by atoms with van der Waals surface area (Å²) in [4.78, 5) is 4.26. The Balaban J connectivity index is 2.15. The summed E-state index contributed by atoms with van der Waals surface area (Å²) < 4.78 is 10.5. The van der Waals surface area contributed by atoms with Crippen LogP contribution in [0.3, 0.4) is 0 Å². The molecule has 0 saturated carbocycles. The molecule has 0 aliphatic carbocycles. The first-order chi connectivity index (χ1) is 8.33. The quantitative estimate of drug-likeness (QED) is 0.854. The summed E-state index contributed by atoms with van der Waals surface area (Å²) in [6.45, 7) is 3.21. The van der Waals surface area contributed by atoms with Gasteiger partial charge in [0.05, 0.1) is 13.2 Å². The van der Waals surface area contributed by atoms with E-state index in [1.54, 1.807) is 0 Å². The van der Waals surface area contributed by atoms with E-state index < -0.39 is 0 Å². The van der Waals surface area contributed by atoms with Crippen molar-refractivity contribution in [1.82, 2.24) is 15.5 Å². The van der Waals surface area contributed by atoms with Crippen molar-refractivity contribution in [2.24, 2.45) is 0 Å². The summed E-state index contributed by atoms with van der Waals surface area (Å²) in [5.74, 6) is 2.01. The van der Waals surface area contributed by atoms with Crippen LogP contribution in [0.1, 0.15) is 12.7 Å². The van der Waals surface area contributed by atoms with Crippen molar-refractivity contribution in [2.75, 3.05) is 13.7 Å². The highest BCUT2D eigenvalue weighted by atomic mass is 16.5. The molecule has 5 heteroatoms. The van der Waals surface area contributed by atoms with Crippen LogP contribution in [0, 0.1) is 0 Å². The fourth-order valence-corrected chi connectivity index (χ4v) is 1.46. The normalized spacial score (nSPS) is 10.5. The van der Waals surface area contributed by atoms with Crippen LogP contribution < -0.4 is 10.1 Å². The summed E-state index contributed by atoms with van der Waals surface area (Å²) >= 11 is 0. The molecule has 0 bridgehead atoms. The molecule has 17 heavy (non-hydrogen) atoms. The average Bonchev–Trinajstić information content (AvgIpc) is 2.80. The molecule has 1 aromatic carbocycles. The van der Waals surface area contributed by atoms with Crippen LogP contribution in [-0.2, 0) is 6.54 Å². The molecule has 90 valence electrons. The fraction of sp³-hybridized carbons (Fsp3) is 0.333. The van der Waals surface area contributed by atoms with Gasteiger partial charge in [0.15, 0.2) is 5.82 Å². The molecule has 2 rings (SSSR count). The molecule has 0 spiro atoms. The largest absolute Gasteiger partial charge is 0.494 e. The Morgan fingerprint density at radius 2 is 2.06 bits per heavy atom. The van der Waals surface area contributed by atoms with Gasteiger partial charge in [-0.3, -0.25) is 0 Å². The van der Waals surface area contributed by atoms with Crippen LogP contribution >= 0.6 is 0 Å². The molecular weight excluding hydrogens is 218 g/mol. The zero-order valence-corrected chi connectivity index (χ0v) is 9.93. The minimum atomic E-state index is 0.526. The molecule has 0 aliphatic rings. The van der Waals surface area contributed by atoms with Gasteiger partial charge in [-0.25, -0.2) is 0 Å². The number of hydrogen-bond donors (Lipinski definition) is 1. The molecule has 1 heterocycles. The number of rotatable bonds is 5. The maximum absolute atomic E-state index is 5.36. The van der Waals surface area contributed by atoms with E-state index >= 15 is 0 Å². The van der Waals surface area contributed by atoms with E-state index in [0.717, 1.165) is 11.3 Å². The van der Waals surface area contributed by atoms with E-state index in [1.807, 2.05) is 38.2 Å². The van der Waals surface area contributed by atoms with Crippen LogP contribution in [0.5, 0.6) is 5.75 Å². The van der Waals surface area contributed by atoms with Gasteiger partial charge in [-0.2, -0.15) is 4.98 Å². The monoisotopic (exact) mass is 233 g/mol. The summed E-state index contributed by atoms with van der Waals surface area (Å²) in [7, 11) is 1.84. The molecular formula is C12H15N3O2. The topological polar surface area (TPSA) is 60.2 Å². The maximum atomic E-state index is 5.36. The van der Waals surface area contributed by atoms with Gasteiger partial charge in [0, 0.05) is 5.56 Å². The zero-order chi connectivity index (χ0) is 12.1. The molecule has 0 amide bonds. The van der Waals surface area contributed by atoms with E-state index in [2.05, 4.69) is 15.5 Å². The second-order valence-corrected chi connectivity index (χ2v) is 3.50. The predicted octanol–water partition coefficient (Wildman–Crippen LogP) is 1.85. The zero-order valence-electron chi connectivity index (χ0n) is 9.93. The SMILES string of the molecule is CCOc1ccc(-c2nc(CNC)no2)cc1. The van der Waals surface area contributed by atoms with E-state index in [-0.39, 0.29) is 0 Å². The molecule has 0 atom stereocenters. The van der Waals surface area contributed by atoms with Crippen LogP contribution in [0.4, 0.5) is 0 Å². The van der Waals surface area contributed by atoms with Gasteiger partial charge >= 0.3 is 0 Å². The summed E-state index contributed by atoms with van der Waals surface area (Å²) in [5, 5.41) is 6.83. The van der Waals surface area contributed by atoms with Crippen LogP contribution in [0.25, 0.3) is 11.5 Å². The second-order valence-electron chi connectivity index (χ2n) is 3.50. The van der Waals surface area contributed by atoms with E-state index in [9.17, 15) is 0 Å². The molecule has 0 aliphatic heterocycles. The molecule has 1 N–H and O–H groups in total. The van der Waals surface area contributed by atoms with Gasteiger partial charge in [0.25, 0.3) is 5.89 Å². The number of benzene rings is 1. The number of nitrogens with one attached hydrogen (secondary N) is 1. The van der Waals surface area contributed by atoms with Crippen LogP contribution in [0.2, 0.25) is 0 Å². The van der Waals surface area contributed by atoms with Gasteiger partial charge in [0.2, 0.25) is 0 Å². The number of hydrogen-bond acceptors (Lipinski definition) is 5. The Bertz CT molecular complexity index is 465. The first-order valence-electron chi connectivity index (χ1n) is 5.54. The Hall–Kier alpha value is -1.88. The van der Waals surface area contributed by atoms with Crippen molar-refractivity contribution in [3.8, 4) is 17.2 Å². The summed E-state index contributed by atoms with van der Waals surface area (Å²) in [5.41, 5.74) is 0.892. The minimum absolute atomic E-state index is 0.526. The van der Waals surface area contributed by atoms with Crippen LogP contribution in [-0.4, -0.2) is 23.8 Å². The molecule has 2 aromatic rings. The Labute approximate surface area is 99.8 Å². The van der Waals surface area contributed by atoms with Crippen molar-refractivity contribution in [1.29, 1.82) is 0 Å². The van der Waals surface area contributed by atoms with Crippen molar-refractivity contribution in [3.63, 3.8) is 0 Å². The molecule has 0 fully saturated rings. The van der Waals surface area contributed by atoms with E-state index in [4.69, 9.17) is 9.26 Å². The number of nitrogens with zero attached hydrogens (tertiary/aromatic N) is 2. The lowest BCUT2D eigenvalue weighted by molar-refractivity contribution is 0.340. The Kier molecular flexibility index (Phi) is 3.72. The van der Waals surface area contributed by atoms with Crippen LogP contribution in [0.15, 0.2) is 28.8 Å². The Morgan fingerprint density at radius 3 is 2.71 bits per heavy atom. The summed E-state index contributed by atoms with van der Waals surface area (Å²) in [6, 6.07) is 7.59. The standard InChI is InChI=1S/C12H15N3O2/c1-3-16-10-6-4-9(5-7-10)12-14-11(8-13-2)15-17-12/h4-7,13H,3,8H2,1-2H3. The smallest absolute Gasteiger partial charge is 0.257 e. The van der Waals surface area contributed by atoms with Gasteiger partial charge in [-0.05, 0) is 38.2 Å². The molecule has 5 nitrogen and oxygen atoms in total. The highest BCUT2D eigenvalue weighted by molar-refractivity contribution is 5.54. The lowest BCUT2D eigenvalue weighted by Crippen LogP contribution is -2.06. The average molecular weight is 233 g/mol. The lowest BCUT2D eigenvalue weighted by Gasteiger charge is -2.02. The highest BCUT2D eigenvalue weighted by Gasteiger charge is 2.07. The highest BCUT2D eigenvalue weighted by Crippen LogP contribution is 2.20. The maximum Gasteiger partial charge on any atom is 0.257 e. The van der Waals surface area contributed by atoms with Gasteiger partial charge in [-0.1, -0.05) is 5.16 Å². The molecule has 1 aromatic heterocycles. The van der Waals surface area contributed by atoms with Gasteiger partial charge in [-0.15, -0.1) is 0 Å². The van der Waals surface area contributed by atoms with Crippen molar-refractivity contribution >= 4 is 0 Å². The molecule has 0 unspecified atom stereocenters. The van der Waals surface area contributed by atoms with E-state index in [1.165, 1.54) is 0 Å². The second kappa shape index (κ2) is 5.45. The van der Waals surface area contributed by atoms with Gasteiger partial charge < -0.3 is 14.6 Å². The number of aromatic nitrogens is 2. The lowest BCUT2D eigenvalue weighted by atomic mass is 10.2. The van der Waals surface area contributed by atoms with Crippen molar-refractivity contribution < 1.29 is 9.26 Å². The van der Waals surface area contributed by atoms with Crippen molar-refractivity contribution in [3.05, 3.63) is 30.1 Å². The van der Waals surface area contributed by atoms with Crippen molar-refractivity contribution in [2.45, 2.75) is 13.5 Å². The summed E-state index contributed by atoms with van der Waals surface area (Å²) in [6.07, 6.45) is 0. The fourth-order valence-electron chi connectivity index (χ4n) is 1.46. The predicted molar refractivity (Wildman–Crippen MR) is 63.7 cm³/mol. The minimum Gasteiger partial charge on any atom is -0.494 e.